The van der Waals surface area contributed by atoms with Gasteiger partial charge < -0.3 is 45.5 Å². The van der Waals surface area contributed by atoms with E-state index < -0.39 is 35.6 Å². The van der Waals surface area contributed by atoms with E-state index in [4.69, 9.17) is 18.9 Å². The summed E-state index contributed by atoms with van der Waals surface area (Å²) in [6.45, 7) is 2.67. The molecule has 7 rings (SSSR count). The molecule has 4 aromatic rings. The number of benzene rings is 2. The predicted octanol–water partition coefficient (Wildman–Crippen LogP) is 1.26. The molecule has 7 amide bonds. The number of rotatable bonds is 24. The van der Waals surface area contributed by atoms with Crippen molar-refractivity contribution in [2.75, 3.05) is 82.8 Å². The molecule has 1 atom stereocenters. The van der Waals surface area contributed by atoms with Gasteiger partial charge in [0.25, 0.3) is 17.7 Å². The highest BCUT2D eigenvalue weighted by Gasteiger charge is 2.45. The highest BCUT2D eigenvalue weighted by atomic mass is 16.5. The summed E-state index contributed by atoms with van der Waals surface area (Å²) in [6, 6.07) is 10.7. The van der Waals surface area contributed by atoms with E-state index in [9.17, 15) is 33.6 Å². The molecule has 2 aromatic heterocycles. The van der Waals surface area contributed by atoms with Crippen molar-refractivity contribution in [2.24, 2.45) is 5.92 Å². The number of fused-ring (bicyclic) bond motifs is 1. The Labute approximate surface area is 378 Å². The molecule has 0 bridgehead atoms. The third-order valence-electron chi connectivity index (χ3n) is 10.6. The number of methoxy groups -OCH3 is 1. The lowest BCUT2D eigenvalue weighted by atomic mass is 10.0. The van der Waals surface area contributed by atoms with Gasteiger partial charge in [-0.3, -0.25) is 48.5 Å². The average Bonchev–Trinajstić information content (AvgIpc) is 4.01. The number of amides is 7. The van der Waals surface area contributed by atoms with Gasteiger partial charge in [0, 0.05) is 50.7 Å². The van der Waals surface area contributed by atoms with Gasteiger partial charge in [0.05, 0.1) is 81.4 Å². The summed E-state index contributed by atoms with van der Waals surface area (Å²) in [5, 5.41) is 29.3. The van der Waals surface area contributed by atoms with E-state index in [0.717, 1.165) is 17.7 Å². The standard InChI is InChI=1S/C43H50N12O11/c1-44-41(60)36-30(23-32(51-52-36)49-39(58)25-9-10-25)48-29-8-4-6-27(37(29)63-2)38-47-24-54(53-38)16-14-46-33(56)13-17-64-19-21-66-22-20-65-18-15-45-28-7-3-5-26-35(28)43(62)55(42(26)61)31-11-12-34(57)50-40(31)59/h3-8,23-25,31,45H,9-22H2,1-2H3,(H,44,60)(H,46,56)(H,50,57,59)(H2,48,49,51,58). The van der Waals surface area contributed by atoms with Crippen LogP contribution in [0.1, 0.15) is 63.3 Å². The van der Waals surface area contributed by atoms with Crippen molar-refractivity contribution in [3.63, 3.8) is 0 Å². The van der Waals surface area contributed by atoms with E-state index in [1.54, 1.807) is 41.3 Å². The van der Waals surface area contributed by atoms with Gasteiger partial charge in [-0.25, -0.2) is 4.98 Å². The van der Waals surface area contributed by atoms with E-state index in [0.29, 0.717) is 73.7 Å². The number of anilines is 4. The minimum Gasteiger partial charge on any atom is -0.494 e. The topological polar surface area (TPSA) is 288 Å². The molecule has 0 spiro atoms. The van der Waals surface area contributed by atoms with Gasteiger partial charge in [-0.15, -0.1) is 10.2 Å². The zero-order valence-corrected chi connectivity index (χ0v) is 36.3. The van der Waals surface area contributed by atoms with Crippen LogP contribution in [0.4, 0.5) is 22.9 Å². The fraction of sp³-hybridized carbons (Fsp3) is 0.419. The molecular formula is C43H50N12O11. The average molecular weight is 911 g/mol. The van der Waals surface area contributed by atoms with Crippen LogP contribution in [0.25, 0.3) is 11.4 Å². The number of piperidine rings is 1. The molecule has 2 aliphatic heterocycles. The molecule has 1 unspecified atom stereocenters. The van der Waals surface area contributed by atoms with E-state index in [-0.39, 0.29) is 79.5 Å². The number of hydrogen-bond donors (Lipinski definition) is 6. The van der Waals surface area contributed by atoms with Crippen molar-refractivity contribution in [3.05, 3.63) is 65.6 Å². The van der Waals surface area contributed by atoms with E-state index in [2.05, 4.69) is 52.2 Å². The summed E-state index contributed by atoms with van der Waals surface area (Å²) < 4.78 is 24.0. The number of nitrogens with zero attached hydrogens (tertiary/aromatic N) is 6. The highest BCUT2D eigenvalue weighted by Crippen LogP contribution is 2.38. The van der Waals surface area contributed by atoms with Crippen molar-refractivity contribution in [3.8, 4) is 17.1 Å². The van der Waals surface area contributed by atoms with E-state index in [1.807, 2.05) is 0 Å². The Morgan fingerprint density at radius 1 is 0.833 bits per heavy atom. The van der Waals surface area contributed by atoms with Crippen LogP contribution < -0.4 is 36.6 Å². The zero-order chi connectivity index (χ0) is 46.6. The summed E-state index contributed by atoms with van der Waals surface area (Å²) in [5.74, 6) is -2.17. The lowest BCUT2D eigenvalue weighted by Crippen LogP contribution is -2.54. The summed E-state index contributed by atoms with van der Waals surface area (Å²) in [5.41, 5.74) is 2.17. The monoisotopic (exact) mass is 910 g/mol. The van der Waals surface area contributed by atoms with Crippen molar-refractivity contribution < 1.29 is 52.5 Å². The predicted molar refractivity (Wildman–Crippen MR) is 234 cm³/mol. The summed E-state index contributed by atoms with van der Waals surface area (Å²) in [7, 11) is 2.97. The second-order valence-electron chi connectivity index (χ2n) is 15.2. The first-order valence-electron chi connectivity index (χ1n) is 21.4. The van der Waals surface area contributed by atoms with Crippen LogP contribution in [-0.2, 0) is 39.9 Å². The summed E-state index contributed by atoms with van der Waals surface area (Å²) in [4.78, 5) is 93.0. The Morgan fingerprint density at radius 2 is 1.56 bits per heavy atom. The molecule has 0 radical (unpaired) electrons. The lowest BCUT2D eigenvalue weighted by Gasteiger charge is -2.27. The van der Waals surface area contributed by atoms with Gasteiger partial charge in [-0.05, 0) is 43.5 Å². The van der Waals surface area contributed by atoms with Crippen molar-refractivity contribution >= 4 is 64.2 Å². The Balaban J connectivity index is 0.760. The van der Waals surface area contributed by atoms with Crippen LogP contribution in [0.15, 0.2) is 48.8 Å². The molecule has 348 valence electrons. The van der Waals surface area contributed by atoms with Gasteiger partial charge >= 0.3 is 0 Å². The number of imide groups is 2. The van der Waals surface area contributed by atoms with Crippen LogP contribution in [0.2, 0.25) is 0 Å². The molecule has 2 fully saturated rings. The molecule has 4 heterocycles. The Kier molecular flexibility index (Phi) is 15.5. The summed E-state index contributed by atoms with van der Waals surface area (Å²) >= 11 is 0. The maximum Gasteiger partial charge on any atom is 0.273 e. The second-order valence-corrected chi connectivity index (χ2v) is 15.2. The van der Waals surface area contributed by atoms with Gasteiger partial charge in [-0.2, -0.15) is 5.10 Å². The van der Waals surface area contributed by atoms with Crippen molar-refractivity contribution in [2.45, 2.75) is 44.7 Å². The van der Waals surface area contributed by atoms with Crippen LogP contribution in [0.5, 0.6) is 5.75 Å². The molecule has 23 nitrogen and oxygen atoms in total. The first kappa shape index (κ1) is 46.6. The molecule has 2 aromatic carbocycles. The van der Waals surface area contributed by atoms with Crippen molar-refractivity contribution in [1.82, 2.24) is 45.8 Å². The Morgan fingerprint density at radius 3 is 2.29 bits per heavy atom. The molecule has 1 saturated heterocycles. The van der Waals surface area contributed by atoms with Gasteiger partial charge in [0.1, 0.15) is 12.4 Å². The third-order valence-corrected chi connectivity index (χ3v) is 10.6. The second kappa shape index (κ2) is 22.0. The summed E-state index contributed by atoms with van der Waals surface area (Å²) in [6.07, 6.45) is 3.45. The number of ether oxygens (including phenoxy) is 4. The number of carbonyl (C=O) groups is 7. The Bertz CT molecular complexity index is 2480. The first-order valence-corrected chi connectivity index (χ1v) is 21.4. The number of aromatic nitrogens is 5. The quantitative estimate of drug-likeness (QED) is 0.0426. The number of para-hydroxylation sites is 1. The minimum atomic E-state index is -1.04. The lowest BCUT2D eigenvalue weighted by molar-refractivity contribution is -0.136. The van der Waals surface area contributed by atoms with Gasteiger partial charge in [0.2, 0.25) is 23.6 Å². The van der Waals surface area contributed by atoms with Crippen LogP contribution in [0, 0.1) is 5.92 Å². The molecule has 1 aliphatic carbocycles. The number of nitrogens with one attached hydrogen (secondary N) is 6. The molecule has 23 heteroatoms. The minimum absolute atomic E-state index is 0.0152. The molecule has 6 N–H and O–H groups in total. The molecule has 66 heavy (non-hydrogen) atoms. The smallest absolute Gasteiger partial charge is 0.273 e. The van der Waals surface area contributed by atoms with Gasteiger partial charge in [0.15, 0.2) is 23.1 Å². The van der Waals surface area contributed by atoms with Crippen LogP contribution >= 0.6 is 0 Å². The Hall–Kier alpha value is -7.37. The fourth-order valence-corrected chi connectivity index (χ4v) is 7.14. The first-order chi connectivity index (χ1) is 32.1. The van der Waals surface area contributed by atoms with Crippen molar-refractivity contribution in [1.29, 1.82) is 0 Å². The maximum absolute atomic E-state index is 13.2. The van der Waals surface area contributed by atoms with E-state index in [1.165, 1.54) is 26.3 Å². The largest absolute Gasteiger partial charge is 0.494 e. The molecular weight excluding hydrogens is 861 g/mol. The zero-order valence-electron chi connectivity index (χ0n) is 36.3. The fourth-order valence-electron chi connectivity index (χ4n) is 7.14. The van der Waals surface area contributed by atoms with E-state index >= 15 is 0 Å². The third kappa shape index (κ3) is 11.5. The molecule has 1 saturated carbocycles. The normalized spacial score (nSPS) is 15.5. The SMILES string of the molecule is CNC(=O)c1nnc(NC(=O)C2CC2)cc1Nc1cccc(-c2ncn(CCNC(=O)CCOCCOCCOCCNc3cccc4c3C(=O)N(C3CCC(=O)NC3=O)C4=O)n2)c1OC. The molecule has 3 aliphatic rings. The van der Waals surface area contributed by atoms with Crippen LogP contribution in [0.3, 0.4) is 0 Å². The van der Waals surface area contributed by atoms with Gasteiger partial charge in [-0.1, -0.05) is 12.1 Å². The highest BCUT2D eigenvalue weighted by molar-refractivity contribution is 6.25. The number of carbonyl (C=O) groups excluding carboxylic acids is 7. The maximum atomic E-state index is 13.2. The number of hydrogen-bond acceptors (Lipinski definition) is 17. The van der Waals surface area contributed by atoms with Crippen LogP contribution in [-0.4, -0.2) is 144 Å².